The number of rotatable bonds is 6. The van der Waals surface area contributed by atoms with E-state index < -0.39 is 5.63 Å². The first kappa shape index (κ1) is 16.8. The third-order valence-electron chi connectivity index (χ3n) is 3.57. The zero-order valence-electron chi connectivity index (χ0n) is 14.1. The fraction of sp³-hybridized carbons (Fsp3) is 0.263. The summed E-state index contributed by atoms with van der Waals surface area (Å²) in [6.45, 7) is 4.22. The highest BCUT2D eigenvalue weighted by Crippen LogP contribution is 2.23. The van der Waals surface area contributed by atoms with Gasteiger partial charge >= 0.3 is 5.63 Å². The third kappa shape index (κ3) is 4.09. The molecule has 0 saturated carbocycles. The number of hydrogen-bond donors (Lipinski definition) is 1. The Morgan fingerprint density at radius 1 is 1.24 bits per heavy atom. The number of benzene rings is 1. The van der Waals surface area contributed by atoms with Crippen molar-refractivity contribution in [2.24, 2.45) is 0 Å². The molecule has 3 aromatic rings. The Morgan fingerprint density at radius 2 is 2.08 bits per heavy atom. The lowest BCUT2D eigenvalue weighted by atomic mass is 10.1. The Labute approximate surface area is 144 Å². The van der Waals surface area contributed by atoms with Crippen LogP contribution in [0, 0.1) is 0 Å². The molecule has 1 N–H and O–H groups in total. The number of amides is 1. The summed E-state index contributed by atoms with van der Waals surface area (Å²) < 4.78 is 16.0. The minimum absolute atomic E-state index is 0.00254. The summed E-state index contributed by atoms with van der Waals surface area (Å²) in [5, 5.41) is 3.35. The van der Waals surface area contributed by atoms with Crippen molar-refractivity contribution in [1.29, 1.82) is 0 Å². The summed E-state index contributed by atoms with van der Waals surface area (Å²) in [6, 6.07) is 9.93. The molecular weight excluding hydrogens is 322 g/mol. The number of fused-ring (bicyclic) bond motifs is 1. The van der Waals surface area contributed by atoms with E-state index in [9.17, 15) is 9.59 Å². The fourth-order valence-corrected chi connectivity index (χ4v) is 2.53. The zero-order chi connectivity index (χ0) is 17.8. The molecule has 0 unspecified atom stereocenters. The lowest BCUT2D eigenvalue weighted by Crippen LogP contribution is -2.26. The van der Waals surface area contributed by atoms with E-state index in [0.29, 0.717) is 29.7 Å². The monoisotopic (exact) mass is 341 g/mol. The topological polar surface area (TPSA) is 81.7 Å². The van der Waals surface area contributed by atoms with Crippen molar-refractivity contribution in [1.82, 2.24) is 5.32 Å². The maximum Gasteiger partial charge on any atom is 0.337 e. The minimum Gasteiger partial charge on any atom is -0.491 e. The van der Waals surface area contributed by atoms with E-state index >= 15 is 0 Å². The van der Waals surface area contributed by atoms with Gasteiger partial charge in [0.25, 0.3) is 5.91 Å². The average molecular weight is 341 g/mol. The first-order valence-electron chi connectivity index (χ1n) is 8.08. The van der Waals surface area contributed by atoms with Crippen molar-refractivity contribution in [3.63, 3.8) is 0 Å². The maximum absolute atomic E-state index is 12.4. The lowest BCUT2D eigenvalue weighted by molar-refractivity contribution is 0.0954. The van der Waals surface area contributed by atoms with Gasteiger partial charge in [-0.25, -0.2) is 4.79 Å². The number of furan rings is 1. The van der Waals surface area contributed by atoms with Gasteiger partial charge in [-0.2, -0.15) is 0 Å². The van der Waals surface area contributed by atoms with Gasteiger partial charge in [-0.3, -0.25) is 4.79 Å². The Morgan fingerprint density at radius 3 is 2.80 bits per heavy atom. The van der Waals surface area contributed by atoms with Crippen LogP contribution < -0.4 is 15.7 Å². The molecule has 0 saturated heterocycles. The summed E-state index contributed by atoms with van der Waals surface area (Å²) in [4.78, 5) is 24.2. The van der Waals surface area contributed by atoms with E-state index in [1.54, 1.807) is 30.5 Å². The molecule has 0 atom stereocenters. The summed E-state index contributed by atoms with van der Waals surface area (Å²) in [5.41, 5.74) is 0.0222. The van der Waals surface area contributed by atoms with Gasteiger partial charge in [-0.1, -0.05) is 0 Å². The number of ether oxygens (including phenoxy) is 1. The molecule has 1 aromatic carbocycles. The number of carbonyl (C=O) groups is 1. The molecule has 1 amide bonds. The normalized spacial score (nSPS) is 11.0. The van der Waals surface area contributed by atoms with Crippen molar-refractivity contribution >= 4 is 16.9 Å². The van der Waals surface area contributed by atoms with Crippen molar-refractivity contribution in [3.05, 3.63) is 64.4 Å². The Bertz CT molecular complexity index is 925. The number of hydrogen-bond acceptors (Lipinski definition) is 5. The number of carbonyl (C=O) groups excluding carboxylic acids is 1. The van der Waals surface area contributed by atoms with Crippen molar-refractivity contribution in [2.75, 3.05) is 6.54 Å². The second-order valence-electron chi connectivity index (χ2n) is 5.89. The maximum atomic E-state index is 12.4. The molecule has 3 rings (SSSR count). The molecule has 6 heteroatoms. The van der Waals surface area contributed by atoms with E-state index in [4.69, 9.17) is 13.6 Å². The predicted molar refractivity (Wildman–Crippen MR) is 93.0 cm³/mol. The quantitative estimate of drug-likeness (QED) is 0.697. The highest BCUT2D eigenvalue weighted by molar-refractivity contribution is 6.05. The van der Waals surface area contributed by atoms with E-state index in [-0.39, 0.29) is 17.6 Å². The molecule has 0 aliphatic carbocycles. The molecular formula is C19H19NO5. The number of nitrogens with one attached hydrogen (secondary N) is 1. The van der Waals surface area contributed by atoms with Gasteiger partial charge in [-0.05, 0) is 38.1 Å². The Balaban J connectivity index is 1.82. The molecule has 0 spiro atoms. The van der Waals surface area contributed by atoms with Crippen LogP contribution >= 0.6 is 0 Å². The van der Waals surface area contributed by atoms with Crippen LogP contribution in [0.25, 0.3) is 11.0 Å². The molecule has 6 nitrogen and oxygen atoms in total. The van der Waals surface area contributed by atoms with Crippen LogP contribution in [0.15, 0.2) is 56.3 Å². The van der Waals surface area contributed by atoms with Crippen LogP contribution in [-0.2, 0) is 6.42 Å². The first-order chi connectivity index (χ1) is 12.0. The summed E-state index contributed by atoms with van der Waals surface area (Å²) >= 11 is 0. The van der Waals surface area contributed by atoms with Gasteiger partial charge in [0, 0.05) is 30.5 Å². The second kappa shape index (κ2) is 7.25. The first-order valence-corrected chi connectivity index (χ1v) is 8.08. The van der Waals surface area contributed by atoms with E-state index in [2.05, 4.69) is 5.32 Å². The molecule has 0 aliphatic heterocycles. The van der Waals surface area contributed by atoms with Crippen molar-refractivity contribution < 1.29 is 18.4 Å². The summed E-state index contributed by atoms with van der Waals surface area (Å²) in [5.74, 6) is 1.04. The van der Waals surface area contributed by atoms with Gasteiger partial charge in [-0.15, -0.1) is 0 Å². The molecule has 0 aliphatic rings. The second-order valence-corrected chi connectivity index (χ2v) is 5.89. The zero-order valence-corrected chi connectivity index (χ0v) is 14.1. The Kier molecular flexibility index (Phi) is 4.88. The van der Waals surface area contributed by atoms with Crippen molar-refractivity contribution in [3.8, 4) is 5.75 Å². The lowest BCUT2D eigenvalue weighted by Gasteiger charge is -2.11. The summed E-state index contributed by atoms with van der Waals surface area (Å²) in [6.07, 6.45) is 2.16. The SMILES string of the molecule is CC(C)Oc1ccc2c(C(=O)NCCc3ccco3)cc(=O)oc2c1. The van der Waals surface area contributed by atoms with Gasteiger partial charge in [0.15, 0.2) is 0 Å². The molecule has 130 valence electrons. The average Bonchev–Trinajstić information content (AvgIpc) is 3.06. The van der Waals surface area contributed by atoms with Crippen LogP contribution in [-0.4, -0.2) is 18.6 Å². The van der Waals surface area contributed by atoms with Gasteiger partial charge < -0.3 is 18.9 Å². The van der Waals surface area contributed by atoms with Gasteiger partial charge in [0.05, 0.1) is 17.9 Å². The van der Waals surface area contributed by atoms with E-state index in [1.807, 2.05) is 19.9 Å². The van der Waals surface area contributed by atoms with Crippen LogP contribution in [0.5, 0.6) is 5.75 Å². The third-order valence-corrected chi connectivity index (χ3v) is 3.57. The van der Waals surface area contributed by atoms with Crippen LogP contribution in [0.1, 0.15) is 30.0 Å². The predicted octanol–water partition coefficient (Wildman–Crippen LogP) is 3.15. The largest absolute Gasteiger partial charge is 0.491 e. The van der Waals surface area contributed by atoms with Gasteiger partial charge in [0.2, 0.25) is 0 Å². The highest BCUT2D eigenvalue weighted by Gasteiger charge is 2.14. The highest BCUT2D eigenvalue weighted by atomic mass is 16.5. The molecule has 2 aromatic heterocycles. The minimum atomic E-state index is -0.578. The molecule has 2 heterocycles. The molecule has 0 fully saturated rings. The molecule has 0 bridgehead atoms. The van der Waals surface area contributed by atoms with Crippen LogP contribution in [0.3, 0.4) is 0 Å². The Hall–Kier alpha value is -3.02. The van der Waals surface area contributed by atoms with Crippen LogP contribution in [0.4, 0.5) is 0 Å². The fourth-order valence-electron chi connectivity index (χ4n) is 2.53. The van der Waals surface area contributed by atoms with Crippen LogP contribution in [0.2, 0.25) is 0 Å². The van der Waals surface area contributed by atoms with Crippen molar-refractivity contribution in [2.45, 2.75) is 26.4 Å². The smallest absolute Gasteiger partial charge is 0.337 e. The summed E-state index contributed by atoms with van der Waals surface area (Å²) in [7, 11) is 0. The van der Waals surface area contributed by atoms with E-state index in [0.717, 1.165) is 5.76 Å². The standard InChI is InChI=1S/C19H19NO5/c1-12(2)24-14-5-6-15-16(11-18(21)25-17(15)10-14)19(22)20-8-7-13-4-3-9-23-13/h3-6,9-12H,7-8H2,1-2H3,(H,20,22). The van der Waals surface area contributed by atoms with E-state index in [1.165, 1.54) is 6.07 Å². The molecule has 0 radical (unpaired) electrons. The molecule has 25 heavy (non-hydrogen) atoms. The van der Waals surface area contributed by atoms with Gasteiger partial charge in [0.1, 0.15) is 17.1 Å².